The summed E-state index contributed by atoms with van der Waals surface area (Å²) in [4.78, 5) is 24.1. The van der Waals surface area contributed by atoms with E-state index in [9.17, 15) is 26.4 Å². The second-order valence-corrected chi connectivity index (χ2v) is 11.4. The highest BCUT2D eigenvalue weighted by Gasteiger charge is 2.24. The van der Waals surface area contributed by atoms with Gasteiger partial charge in [0, 0.05) is 0 Å². The Morgan fingerprint density at radius 2 is 1.03 bits per heavy atom. The maximum atomic E-state index is 12.3. The van der Waals surface area contributed by atoms with E-state index in [-0.39, 0.29) is 9.79 Å². The van der Waals surface area contributed by atoms with Gasteiger partial charge < -0.3 is 9.47 Å². The third-order valence-corrected chi connectivity index (χ3v) is 7.79. The van der Waals surface area contributed by atoms with E-state index in [0.717, 1.165) is 11.1 Å². The van der Waals surface area contributed by atoms with Gasteiger partial charge in [-0.2, -0.15) is 0 Å². The fraction of sp³-hybridized carbons (Fsp3) is 0.304. The number of carbonyl (C=O) groups is 2. The smallest absolute Gasteiger partial charge is 0.421 e. The van der Waals surface area contributed by atoms with Crippen molar-refractivity contribution < 1.29 is 35.9 Å². The van der Waals surface area contributed by atoms with E-state index in [0.29, 0.717) is 19.3 Å². The molecule has 12 heteroatoms. The Labute approximate surface area is 204 Å². The molecule has 0 aliphatic heterocycles. The molecule has 0 aromatic heterocycles. The number of hydrogen-bond donors (Lipinski definition) is 2. The van der Waals surface area contributed by atoms with Crippen molar-refractivity contribution >= 4 is 32.2 Å². The molecule has 2 atom stereocenters. The van der Waals surface area contributed by atoms with Gasteiger partial charge in [-0.1, -0.05) is 35.4 Å². The number of aryl methyl sites for hydroxylation is 2. The van der Waals surface area contributed by atoms with Gasteiger partial charge in [-0.3, -0.25) is 0 Å². The van der Waals surface area contributed by atoms with Crippen molar-refractivity contribution in [3.63, 3.8) is 0 Å². The van der Waals surface area contributed by atoms with Crippen molar-refractivity contribution in [3.05, 3.63) is 71.8 Å². The monoisotopic (exact) mass is 522 g/mol. The number of sulfonamides is 2. The molecule has 0 unspecified atom stereocenters. The molecule has 1 aliphatic rings. The van der Waals surface area contributed by atoms with Crippen LogP contribution in [0.15, 0.2) is 70.5 Å². The van der Waals surface area contributed by atoms with Gasteiger partial charge >= 0.3 is 12.2 Å². The van der Waals surface area contributed by atoms with Gasteiger partial charge in [-0.15, -0.1) is 0 Å². The molecule has 2 N–H and O–H groups in total. The maximum absolute atomic E-state index is 12.3. The van der Waals surface area contributed by atoms with Crippen LogP contribution in [0.25, 0.3) is 0 Å². The summed E-state index contributed by atoms with van der Waals surface area (Å²) >= 11 is 0. The van der Waals surface area contributed by atoms with Gasteiger partial charge in [0.2, 0.25) is 0 Å². The largest absolute Gasteiger partial charge is 0.441 e. The molecule has 0 heterocycles. The molecular weight excluding hydrogens is 496 g/mol. The zero-order valence-electron chi connectivity index (χ0n) is 19.1. The Bertz CT molecular complexity index is 1200. The number of benzene rings is 2. The van der Waals surface area contributed by atoms with Crippen LogP contribution in [0.3, 0.4) is 0 Å². The van der Waals surface area contributed by atoms with E-state index in [4.69, 9.17) is 9.47 Å². The van der Waals surface area contributed by atoms with Crippen molar-refractivity contribution in [2.75, 3.05) is 0 Å². The second-order valence-electron chi connectivity index (χ2n) is 8.04. The van der Waals surface area contributed by atoms with Crippen molar-refractivity contribution in [2.24, 2.45) is 0 Å². The van der Waals surface area contributed by atoms with Crippen molar-refractivity contribution in [1.29, 1.82) is 0 Å². The van der Waals surface area contributed by atoms with Crippen LogP contribution >= 0.6 is 0 Å². The topological polar surface area (TPSA) is 145 Å². The standard InChI is InChI=1S/C23H26N2O8S2/c1-16-6-12-20(13-7-16)34(28,29)24-22(26)32-18-4-3-5-19(11-10-18)33-23(27)25-35(30,31)21-14-8-17(2)9-15-21/h6-15,18-19H,3-5H2,1-2H3,(H,24,26)(H,25,27)/t18-,19+. The lowest BCUT2D eigenvalue weighted by Gasteiger charge is -2.14. The van der Waals surface area contributed by atoms with E-state index < -0.39 is 44.4 Å². The first-order valence-corrected chi connectivity index (χ1v) is 13.7. The van der Waals surface area contributed by atoms with Crippen molar-refractivity contribution in [2.45, 2.75) is 55.1 Å². The summed E-state index contributed by atoms with van der Waals surface area (Å²) < 4.78 is 63.4. The second kappa shape index (κ2) is 10.9. The lowest BCUT2D eigenvalue weighted by atomic mass is 10.2. The number of nitrogens with one attached hydrogen (secondary N) is 2. The Morgan fingerprint density at radius 1 is 0.686 bits per heavy atom. The fourth-order valence-electron chi connectivity index (χ4n) is 3.25. The number of carbonyl (C=O) groups excluding carboxylic acids is 2. The van der Waals surface area contributed by atoms with Crippen molar-refractivity contribution in [3.8, 4) is 0 Å². The lowest BCUT2D eigenvalue weighted by Crippen LogP contribution is -2.33. The Kier molecular flexibility index (Phi) is 8.18. The summed E-state index contributed by atoms with van der Waals surface area (Å²) in [6.45, 7) is 3.61. The van der Waals surface area contributed by atoms with Gasteiger partial charge in [0.15, 0.2) is 0 Å². The average Bonchev–Trinajstić information content (AvgIpc) is 2.98. The zero-order chi connectivity index (χ0) is 25.6. The molecule has 2 amide bonds. The first kappa shape index (κ1) is 26.2. The summed E-state index contributed by atoms with van der Waals surface area (Å²) in [6.07, 6.45) is 0.346. The number of hydrogen-bond acceptors (Lipinski definition) is 8. The third-order valence-electron chi connectivity index (χ3n) is 5.13. The van der Waals surface area contributed by atoms with Crippen LogP contribution < -0.4 is 9.44 Å². The SMILES string of the molecule is Cc1ccc(S(=O)(=O)NC(=O)O[C@@H]2C=C[C@H](OC(=O)NS(=O)(=O)c3ccc(C)cc3)CCC2)cc1. The first-order chi connectivity index (χ1) is 16.4. The number of ether oxygens (including phenoxy) is 2. The van der Waals surface area contributed by atoms with E-state index in [1.807, 2.05) is 9.44 Å². The summed E-state index contributed by atoms with van der Waals surface area (Å²) in [6, 6.07) is 11.9. The van der Waals surface area contributed by atoms with Crippen LogP contribution in [0.4, 0.5) is 9.59 Å². The highest BCUT2D eigenvalue weighted by Crippen LogP contribution is 2.18. The van der Waals surface area contributed by atoms with E-state index in [1.165, 1.54) is 36.4 Å². The quantitative estimate of drug-likeness (QED) is 0.550. The normalized spacial score (nSPS) is 18.2. The zero-order valence-corrected chi connectivity index (χ0v) is 20.8. The molecular formula is C23H26N2O8S2. The van der Waals surface area contributed by atoms with Gasteiger partial charge in [0.1, 0.15) is 12.2 Å². The lowest BCUT2D eigenvalue weighted by molar-refractivity contribution is 0.116. The van der Waals surface area contributed by atoms with Gasteiger partial charge in [-0.05, 0) is 69.5 Å². The third kappa shape index (κ3) is 7.55. The van der Waals surface area contributed by atoms with Gasteiger partial charge in [0.25, 0.3) is 20.0 Å². The van der Waals surface area contributed by atoms with Gasteiger partial charge in [0.05, 0.1) is 9.79 Å². The van der Waals surface area contributed by atoms with Gasteiger partial charge in [-0.25, -0.2) is 35.9 Å². The van der Waals surface area contributed by atoms with Crippen LogP contribution in [-0.2, 0) is 29.5 Å². The van der Waals surface area contributed by atoms with Crippen LogP contribution in [0.1, 0.15) is 30.4 Å². The molecule has 0 saturated carbocycles. The molecule has 35 heavy (non-hydrogen) atoms. The molecule has 0 bridgehead atoms. The summed E-state index contributed by atoms with van der Waals surface area (Å²) in [5.74, 6) is 0. The molecule has 10 nitrogen and oxygen atoms in total. The van der Waals surface area contributed by atoms with E-state index in [2.05, 4.69) is 0 Å². The predicted molar refractivity (Wildman–Crippen MR) is 127 cm³/mol. The van der Waals surface area contributed by atoms with E-state index >= 15 is 0 Å². The Morgan fingerprint density at radius 3 is 1.37 bits per heavy atom. The molecule has 0 spiro atoms. The van der Waals surface area contributed by atoms with Crippen molar-refractivity contribution in [1.82, 2.24) is 9.44 Å². The number of amides is 2. The van der Waals surface area contributed by atoms with Crippen LogP contribution in [0, 0.1) is 13.8 Å². The van der Waals surface area contributed by atoms with E-state index in [1.54, 1.807) is 38.1 Å². The highest BCUT2D eigenvalue weighted by molar-refractivity contribution is 7.90. The molecule has 1 aliphatic carbocycles. The highest BCUT2D eigenvalue weighted by atomic mass is 32.2. The summed E-state index contributed by atoms with van der Waals surface area (Å²) in [5.41, 5.74) is 1.74. The Balaban J connectivity index is 1.54. The molecule has 3 rings (SSSR count). The Hall–Kier alpha value is -3.38. The molecule has 2 aromatic carbocycles. The van der Waals surface area contributed by atoms with Crippen LogP contribution in [-0.4, -0.2) is 41.2 Å². The minimum Gasteiger partial charge on any atom is -0.441 e. The molecule has 2 aromatic rings. The molecule has 188 valence electrons. The fourth-order valence-corrected chi connectivity index (χ4v) is 5.01. The first-order valence-electron chi connectivity index (χ1n) is 10.7. The molecule has 0 saturated heterocycles. The molecule has 0 radical (unpaired) electrons. The van der Waals surface area contributed by atoms with Crippen LogP contribution in [0.2, 0.25) is 0 Å². The summed E-state index contributed by atoms with van der Waals surface area (Å²) in [7, 11) is -8.18. The number of rotatable bonds is 6. The maximum Gasteiger partial charge on any atom is 0.421 e. The minimum atomic E-state index is -4.09. The van der Waals surface area contributed by atoms with Crippen LogP contribution in [0.5, 0.6) is 0 Å². The molecule has 0 fully saturated rings. The minimum absolute atomic E-state index is 0.0727. The summed E-state index contributed by atoms with van der Waals surface area (Å²) in [5, 5.41) is 0. The average molecular weight is 523 g/mol. The predicted octanol–water partition coefficient (Wildman–Crippen LogP) is 3.31.